The summed E-state index contributed by atoms with van der Waals surface area (Å²) in [5, 5.41) is 0. The summed E-state index contributed by atoms with van der Waals surface area (Å²) in [6.45, 7) is 4.65. The summed E-state index contributed by atoms with van der Waals surface area (Å²) in [6.07, 6.45) is 6.98. The number of hydrogen-bond acceptors (Lipinski definition) is 4. The van der Waals surface area contributed by atoms with Gasteiger partial charge in [-0.3, -0.25) is 9.78 Å². The van der Waals surface area contributed by atoms with Crippen LogP contribution in [0.15, 0.2) is 18.5 Å². The van der Waals surface area contributed by atoms with Crippen molar-refractivity contribution < 1.29 is 14.3 Å². The van der Waals surface area contributed by atoms with E-state index in [0.29, 0.717) is 23.8 Å². The van der Waals surface area contributed by atoms with E-state index in [0.717, 1.165) is 25.7 Å². The van der Waals surface area contributed by atoms with Crippen LogP contribution >= 0.6 is 0 Å². The molecule has 2 rings (SSSR count). The minimum Gasteiger partial charge on any atom is -0.492 e. The first kappa shape index (κ1) is 15.0. The fourth-order valence-corrected chi connectivity index (χ4v) is 3.04. The maximum atomic E-state index is 12.8. The summed E-state index contributed by atoms with van der Waals surface area (Å²) in [5.74, 6) is 1.17. The monoisotopic (exact) mass is 277 g/mol. The maximum absolute atomic E-state index is 12.8. The molecule has 0 N–H and O–H groups in total. The van der Waals surface area contributed by atoms with Crippen LogP contribution in [0.1, 0.15) is 49.9 Å². The Morgan fingerprint density at radius 3 is 2.95 bits per heavy atom. The molecule has 1 aromatic heterocycles. The second kappa shape index (κ2) is 6.35. The van der Waals surface area contributed by atoms with Crippen LogP contribution in [0.4, 0.5) is 0 Å². The third kappa shape index (κ3) is 3.01. The van der Waals surface area contributed by atoms with E-state index < -0.39 is 5.60 Å². The van der Waals surface area contributed by atoms with Crippen molar-refractivity contribution in [1.29, 1.82) is 0 Å². The van der Waals surface area contributed by atoms with Gasteiger partial charge in [0.05, 0.1) is 12.8 Å². The zero-order chi connectivity index (χ0) is 14.6. The van der Waals surface area contributed by atoms with E-state index in [4.69, 9.17) is 9.47 Å². The van der Waals surface area contributed by atoms with Gasteiger partial charge in [0.15, 0.2) is 5.78 Å². The van der Waals surface area contributed by atoms with Gasteiger partial charge in [-0.25, -0.2) is 0 Å². The summed E-state index contributed by atoms with van der Waals surface area (Å²) in [4.78, 5) is 16.9. The first-order valence-electron chi connectivity index (χ1n) is 7.29. The largest absolute Gasteiger partial charge is 0.492 e. The molecule has 0 aliphatic heterocycles. The molecular formula is C16H23NO3. The highest BCUT2D eigenvalue weighted by Crippen LogP contribution is 2.37. The summed E-state index contributed by atoms with van der Waals surface area (Å²) in [5.41, 5.74) is -0.114. The molecule has 0 spiro atoms. The van der Waals surface area contributed by atoms with Crippen LogP contribution in [0.25, 0.3) is 0 Å². The number of methoxy groups -OCH3 is 1. The summed E-state index contributed by atoms with van der Waals surface area (Å²) >= 11 is 0. The quantitative estimate of drug-likeness (QED) is 0.775. The minimum absolute atomic E-state index is 0.0283. The number of ketones is 1. The second-order valence-electron chi connectivity index (χ2n) is 5.57. The number of Topliss-reactive ketones (excluding diaryl/α,β-unsaturated/α-hetero) is 1. The third-order valence-electron chi connectivity index (χ3n) is 4.05. The fourth-order valence-electron chi connectivity index (χ4n) is 3.04. The highest BCUT2D eigenvalue weighted by molar-refractivity contribution is 6.02. The van der Waals surface area contributed by atoms with Crippen LogP contribution in [-0.4, -0.2) is 30.1 Å². The standard InChI is InChI=1S/C16H23NO3/c1-4-20-14-8-13(10-17-11-14)15(18)16(19-3)7-5-6-12(2)9-16/h8,10-12H,4-7,9H2,1-3H3. The van der Waals surface area contributed by atoms with Crippen LogP contribution in [0, 0.1) is 5.92 Å². The molecule has 110 valence electrons. The van der Waals surface area contributed by atoms with E-state index in [1.54, 1.807) is 25.6 Å². The van der Waals surface area contributed by atoms with Gasteiger partial charge in [-0.1, -0.05) is 13.3 Å². The van der Waals surface area contributed by atoms with Crippen LogP contribution in [0.2, 0.25) is 0 Å². The molecule has 0 aromatic carbocycles. The number of hydrogen-bond donors (Lipinski definition) is 0. The molecule has 1 aliphatic carbocycles. The van der Waals surface area contributed by atoms with Crippen molar-refractivity contribution in [1.82, 2.24) is 4.98 Å². The average molecular weight is 277 g/mol. The van der Waals surface area contributed by atoms with Gasteiger partial charge in [-0.15, -0.1) is 0 Å². The molecular weight excluding hydrogens is 254 g/mol. The number of carbonyl (C=O) groups is 1. The summed E-state index contributed by atoms with van der Waals surface area (Å²) in [6, 6.07) is 1.76. The number of aromatic nitrogens is 1. The molecule has 1 aliphatic rings. The lowest BCUT2D eigenvalue weighted by molar-refractivity contribution is -0.0303. The predicted octanol–water partition coefficient (Wildman–Crippen LogP) is 3.26. The Hall–Kier alpha value is -1.42. The lowest BCUT2D eigenvalue weighted by Crippen LogP contribution is -2.44. The van der Waals surface area contributed by atoms with Crippen LogP contribution in [0.5, 0.6) is 5.75 Å². The highest BCUT2D eigenvalue weighted by Gasteiger charge is 2.42. The van der Waals surface area contributed by atoms with Gasteiger partial charge in [0.25, 0.3) is 0 Å². The Morgan fingerprint density at radius 1 is 1.50 bits per heavy atom. The fraction of sp³-hybridized carbons (Fsp3) is 0.625. The Morgan fingerprint density at radius 2 is 2.30 bits per heavy atom. The molecule has 2 atom stereocenters. The smallest absolute Gasteiger partial charge is 0.196 e. The second-order valence-corrected chi connectivity index (χ2v) is 5.57. The van der Waals surface area contributed by atoms with Crippen molar-refractivity contribution in [2.24, 2.45) is 5.92 Å². The molecule has 0 amide bonds. The lowest BCUT2D eigenvalue weighted by Gasteiger charge is -2.37. The van der Waals surface area contributed by atoms with E-state index in [1.165, 1.54) is 0 Å². The molecule has 4 heteroatoms. The molecule has 20 heavy (non-hydrogen) atoms. The van der Waals surface area contributed by atoms with Gasteiger partial charge < -0.3 is 9.47 Å². The molecule has 1 saturated carbocycles. The van der Waals surface area contributed by atoms with Gasteiger partial charge in [0.1, 0.15) is 11.4 Å². The number of ether oxygens (including phenoxy) is 2. The van der Waals surface area contributed by atoms with E-state index in [2.05, 4.69) is 11.9 Å². The zero-order valence-electron chi connectivity index (χ0n) is 12.5. The highest BCUT2D eigenvalue weighted by atomic mass is 16.5. The SMILES string of the molecule is CCOc1cncc(C(=O)C2(OC)CCCC(C)C2)c1. The molecule has 0 radical (unpaired) electrons. The molecule has 0 saturated heterocycles. The molecule has 1 aromatic rings. The number of rotatable bonds is 5. The van der Waals surface area contributed by atoms with E-state index in [-0.39, 0.29) is 5.78 Å². The molecule has 0 bridgehead atoms. The third-order valence-corrected chi connectivity index (χ3v) is 4.05. The zero-order valence-corrected chi connectivity index (χ0v) is 12.5. The summed E-state index contributed by atoms with van der Waals surface area (Å²) in [7, 11) is 1.63. The Bertz CT molecular complexity index is 475. The average Bonchev–Trinajstić information content (AvgIpc) is 2.47. The van der Waals surface area contributed by atoms with Crippen molar-refractivity contribution in [2.45, 2.75) is 45.1 Å². The molecule has 1 heterocycles. The Labute approximate surface area is 120 Å². The Balaban J connectivity index is 2.26. The molecule has 4 nitrogen and oxygen atoms in total. The van der Waals surface area contributed by atoms with E-state index in [9.17, 15) is 4.79 Å². The Kier molecular flexibility index (Phi) is 4.76. The number of nitrogens with zero attached hydrogens (tertiary/aromatic N) is 1. The van der Waals surface area contributed by atoms with Crippen molar-refractivity contribution in [3.05, 3.63) is 24.0 Å². The lowest BCUT2D eigenvalue weighted by atomic mass is 9.75. The predicted molar refractivity (Wildman–Crippen MR) is 77.1 cm³/mol. The minimum atomic E-state index is -0.690. The first-order chi connectivity index (χ1) is 9.61. The van der Waals surface area contributed by atoms with Crippen LogP contribution in [0.3, 0.4) is 0 Å². The van der Waals surface area contributed by atoms with E-state index >= 15 is 0 Å². The normalized spacial score (nSPS) is 26.2. The first-order valence-corrected chi connectivity index (χ1v) is 7.29. The van der Waals surface area contributed by atoms with Gasteiger partial charge in [0, 0.05) is 18.9 Å². The van der Waals surface area contributed by atoms with Crippen LogP contribution in [-0.2, 0) is 4.74 Å². The van der Waals surface area contributed by atoms with Crippen molar-refractivity contribution >= 4 is 5.78 Å². The maximum Gasteiger partial charge on any atom is 0.196 e. The van der Waals surface area contributed by atoms with Crippen molar-refractivity contribution in [3.8, 4) is 5.75 Å². The van der Waals surface area contributed by atoms with Gasteiger partial charge >= 0.3 is 0 Å². The molecule has 2 unspecified atom stereocenters. The van der Waals surface area contributed by atoms with Crippen molar-refractivity contribution in [3.63, 3.8) is 0 Å². The van der Waals surface area contributed by atoms with E-state index in [1.807, 2.05) is 6.92 Å². The van der Waals surface area contributed by atoms with Crippen LogP contribution < -0.4 is 4.74 Å². The topological polar surface area (TPSA) is 48.4 Å². The van der Waals surface area contributed by atoms with Gasteiger partial charge in [0.2, 0.25) is 0 Å². The number of pyridine rings is 1. The summed E-state index contributed by atoms with van der Waals surface area (Å²) < 4.78 is 11.1. The number of carbonyl (C=O) groups excluding carboxylic acids is 1. The van der Waals surface area contributed by atoms with Gasteiger partial charge in [-0.05, 0) is 38.2 Å². The van der Waals surface area contributed by atoms with Crippen molar-refractivity contribution in [2.75, 3.05) is 13.7 Å². The van der Waals surface area contributed by atoms with Gasteiger partial charge in [-0.2, -0.15) is 0 Å². The molecule has 1 fully saturated rings.